The number of nitrogens with two attached hydrogens (primary N) is 1. The molecule has 1 aliphatic heterocycles. The molecular weight excluding hydrogens is 346 g/mol. The Balaban J connectivity index is 1.70. The van der Waals surface area contributed by atoms with E-state index >= 15 is 0 Å². The Morgan fingerprint density at radius 3 is 2.92 bits per heavy atom. The number of nitrogens with zero attached hydrogens (tertiary/aromatic N) is 5. The molecule has 7 nitrogen and oxygen atoms in total. The molecule has 0 amide bonds. The smallest absolute Gasteiger partial charge is 0.155 e. The maximum absolute atomic E-state index is 5.91. The average molecular weight is 363 g/mol. The highest BCUT2D eigenvalue weighted by Gasteiger charge is 2.18. The number of aryl methyl sites for hydroxylation is 1. The molecule has 1 aromatic carbocycles. The maximum Gasteiger partial charge on any atom is 0.155 e. The van der Waals surface area contributed by atoms with Crippen LogP contribution in [0.5, 0.6) is 0 Å². The predicted octanol–water partition coefficient (Wildman–Crippen LogP) is 2.70. The SMILES string of the molecule is CNc1nc2sc(-c3ccc4c(c3)CC(N)=NC4)nc2c2c1ncn2C. The number of imidazole rings is 1. The summed E-state index contributed by atoms with van der Waals surface area (Å²) in [5.41, 5.74) is 12.2. The van der Waals surface area contributed by atoms with Gasteiger partial charge in [0.2, 0.25) is 0 Å². The van der Waals surface area contributed by atoms with Gasteiger partial charge in [-0.2, -0.15) is 0 Å². The van der Waals surface area contributed by atoms with E-state index in [1.165, 1.54) is 11.1 Å². The van der Waals surface area contributed by atoms with Crippen molar-refractivity contribution in [1.82, 2.24) is 19.5 Å². The van der Waals surface area contributed by atoms with Gasteiger partial charge in [0.05, 0.1) is 18.7 Å². The van der Waals surface area contributed by atoms with Crippen LogP contribution in [0.2, 0.25) is 0 Å². The lowest BCUT2D eigenvalue weighted by atomic mass is 9.99. The van der Waals surface area contributed by atoms with Crippen molar-refractivity contribution in [3.8, 4) is 10.6 Å². The number of fused-ring (bicyclic) bond motifs is 4. The van der Waals surface area contributed by atoms with Crippen LogP contribution in [0, 0.1) is 0 Å². The molecule has 0 unspecified atom stereocenters. The number of anilines is 1. The number of nitrogens with one attached hydrogen (secondary N) is 1. The molecule has 26 heavy (non-hydrogen) atoms. The number of hydrogen-bond donors (Lipinski definition) is 2. The third-order valence-corrected chi connectivity index (χ3v) is 5.72. The molecule has 0 fully saturated rings. The molecule has 4 aromatic rings. The van der Waals surface area contributed by atoms with Crippen LogP contribution in [-0.2, 0) is 20.0 Å². The van der Waals surface area contributed by atoms with Crippen molar-refractivity contribution < 1.29 is 0 Å². The first-order valence-corrected chi connectivity index (χ1v) is 9.16. The molecule has 0 radical (unpaired) electrons. The van der Waals surface area contributed by atoms with Gasteiger partial charge in [-0.1, -0.05) is 23.5 Å². The molecule has 0 saturated carbocycles. The van der Waals surface area contributed by atoms with Crippen LogP contribution < -0.4 is 11.1 Å². The number of pyridine rings is 1. The van der Waals surface area contributed by atoms with Gasteiger partial charge in [0, 0.05) is 26.1 Å². The molecule has 3 N–H and O–H groups in total. The van der Waals surface area contributed by atoms with Gasteiger partial charge >= 0.3 is 0 Å². The molecule has 0 aliphatic carbocycles. The minimum atomic E-state index is 0.657. The highest BCUT2D eigenvalue weighted by molar-refractivity contribution is 7.21. The lowest BCUT2D eigenvalue weighted by molar-refractivity contribution is 0.949. The predicted molar refractivity (Wildman–Crippen MR) is 106 cm³/mol. The fourth-order valence-corrected chi connectivity index (χ4v) is 4.33. The van der Waals surface area contributed by atoms with Crippen molar-refractivity contribution in [2.24, 2.45) is 17.8 Å². The van der Waals surface area contributed by atoms with E-state index in [0.29, 0.717) is 18.8 Å². The summed E-state index contributed by atoms with van der Waals surface area (Å²) in [6.07, 6.45) is 2.49. The van der Waals surface area contributed by atoms with Gasteiger partial charge in [-0.15, -0.1) is 0 Å². The largest absolute Gasteiger partial charge is 0.387 e. The third kappa shape index (κ3) is 2.19. The molecule has 0 atom stereocenters. The summed E-state index contributed by atoms with van der Waals surface area (Å²) in [6, 6.07) is 6.40. The number of thiazole rings is 1. The summed E-state index contributed by atoms with van der Waals surface area (Å²) < 4.78 is 1.99. The van der Waals surface area contributed by atoms with Gasteiger partial charge in [0.25, 0.3) is 0 Å². The zero-order chi connectivity index (χ0) is 17.8. The Labute approximate surface area is 153 Å². The Hall–Kier alpha value is -3.00. The van der Waals surface area contributed by atoms with Crippen LogP contribution in [0.15, 0.2) is 29.5 Å². The maximum atomic E-state index is 5.91. The topological polar surface area (TPSA) is 94.0 Å². The van der Waals surface area contributed by atoms with Crippen LogP contribution in [0.3, 0.4) is 0 Å². The Kier molecular flexibility index (Phi) is 3.23. The molecule has 130 valence electrons. The summed E-state index contributed by atoms with van der Waals surface area (Å²) in [4.78, 5) is 19.3. The van der Waals surface area contributed by atoms with Gasteiger partial charge in [-0.3, -0.25) is 4.99 Å². The normalized spacial score (nSPS) is 13.8. The van der Waals surface area contributed by atoms with Crippen LogP contribution in [0.1, 0.15) is 11.1 Å². The second kappa shape index (κ2) is 5.50. The number of hydrogen-bond acceptors (Lipinski definition) is 7. The highest BCUT2D eigenvalue weighted by Crippen LogP contribution is 2.35. The van der Waals surface area contributed by atoms with E-state index in [1.807, 2.05) is 18.7 Å². The zero-order valence-electron chi connectivity index (χ0n) is 14.4. The first-order chi connectivity index (χ1) is 12.6. The third-order valence-electron chi connectivity index (χ3n) is 4.72. The lowest BCUT2D eigenvalue weighted by Crippen LogP contribution is -2.19. The number of rotatable bonds is 2. The van der Waals surface area contributed by atoms with Crippen molar-refractivity contribution in [3.05, 3.63) is 35.7 Å². The van der Waals surface area contributed by atoms with E-state index in [-0.39, 0.29) is 0 Å². The minimum Gasteiger partial charge on any atom is -0.387 e. The Morgan fingerprint density at radius 1 is 1.19 bits per heavy atom. The monoisotopic (exact) mass is 363 g/mol. The van der Waals surface area contributed by atoms with Gasteiger partial charge in [0.1, 0.15) is 26.4 Å². The molecule has 1 aliphatic rings. The van der Waals surface area contributed by atoms with Crippen molar-refractivity contribution in [2.45, 2.75) is 13.0 Å². The molecule has 3 aromatic heterocycles. The second-order valence-corrected chi connectivity index (χ2v) is 7.38. The lowest BCUT2D eigenvalue weighted by Gasteiger charge is -2.14. The van der Waals surface area contributed by atoms with Crippen LogP contribution in [0.4, 0.5) is 5.82 Å². The van der Waals surface area contributed by atoms with Crippen molar-refractivity contribution in [1.29, 1.82) is 0 Å². The van der Waals surface area contributed by atoms with Gasteiger partial charge in [0.15, 0.2) is 5.82 Å². The number of amidine groups is 1. The summed E-state index contributed by atoms with van der Waals surface area (Å²) in [7, 11) is 3.84. The highest BCUT2D eigenvalue weighted by atomic mass is 32.1. The van der Waals surface area contributed by atoms with E-state index in [9.17, 15) is 0 Å². The summed E-state index contributed by atoms with van der Waals surface area (Å²) in [5.74, 6) is 1.47. The van der Waals surface area contributed by atoms with Crippen molar-refractivity contribution in [2.75, 3.05) is 12.4 Å². The van der Waals surface area contributed by atoms with E-state index in [1.54, 1.807) is 17.7 Å². The summed E-state index contributed by atoms with van der Waals surface area (Å²) >= 11 is 1.59. The zero-order valence-corrected chi connectivity index (χ0v) is 15.3. The first-order valence-electron chi connectivity index (χ1n) is 8.34. The Bertz CT molecular complexity index is 1200. The first kappa shape index (κ1) is 15.3. The second-order valence-electron chi connectivity index (χ2n) is 6.40. The molecule has 5 rings (SSSR count). The minimum absolute atomic E-state index is 0.657. The summed E-state index contributed by atoms with van der Waals surface area (Å²) in [6.45, 7) is 0.657. The van der Waals surface area contributed by atoms with E-state index < -0.39 is 0 Å². The molecule has 0 saturated heterocycles. The van der Waals surface area contributed by atoms with E-state index in [0.717, 1.165) is 37.8 Å². The van der Waals surface area contributed by atoms with E-state index in [4.69, 9.17) is 15.7 Å². The van der Waals surface area contributed by atoms with E-state index in [2.05, 4.69) is 33.5 Å². The summed E-state index contributed by atoms with van der Waals surface area (Å²) in [5, 5.41) is 4.09. The van der Waals surface area contributed by atoms with Crippen LogP contribution in [-0.4, -0.2) is 32.4 Å². The fourth-order valence-electron chi connectivity index (χ4n) is 3.39. The van der Waals surface area contributed by atoms with Crippen molar-refractivity contribution >= 4 is 44.4 Å². The number of aromatic nitrogens is 4. The molecule has 0 bridgehead atoms. The fraction of sp³-hybridized carbons (Fsp3) is 0.222. The number of benzene rings is 1. The van der Waals surface area contributed by atoms with Gasteiger partial charge in [-0.25, -0.2) is 15.0 Å². The van der Waals surface area contributed by atoms with Crippen LogP contribution in [0.25, 0.3) is 32.0 Å². The van der Waals surface area contributed by atoms with Gasteiger partial charge in [-0.05, 0) is 17.2 Å². The quantitative estimate of drug-likeness (QED) is 0.571. The van der Waals surface area contributed by atoms with Crippen LogP contribution >= 0.6 is 11.3 Å². The molecule has 0 spiro atoms. The van der Waals surface area contributed by atoms with Crippen molar-refractivity contribution in [3.63, 3.8) is 0 Å². The van der Waals surface area contributed by atoms with Gasteiger partial charge < -0.3 is 15.6 Å². The molecule has 8 heteroatoms. The standard InChI is InChI=1S/C18H17N7S/c1-20-16-13-15(25(2)8-22-13)14-18(24-16)26-17(23-14)9-3-4-10-7-21-12(19)6-11(10)5-9/h3-5,8H,6-7H2,1-2H3,(H2,19,21)(H,20,24). The Morgan fingerprint density at radius 2 is 2.08 bits per heavy atom. The molecule has 4 heterocycles. The average Bonchev–Trinajstić information content (AvgIpc) is 3.24. The molecular formula is C18H17N7S. The number of aliphatic imine (C=N–C) groups is 1.